The van der Waals surface area contributed by atoms with Crippen LogP contribution in [0.25, 0.3) is 0 Å². The zero-order valence-corrected chi connectivity index (χ0v) is 17.8. The Morgan fingerprint density at radius 3 is 2.69 bits per heavy atom. The van der Waals surface area contributed by atoms with Crippen molar-refractivity contribution in [1.82, 2.24) is 4.90 Å². The minimum absolute atomic E-state index is 0.235. The molecule has 0 atom stereocenters. The fourth-order valence-electron chi connectivity index (χ4n) is 2.82. The molecule has 0 aliphatic carbocycles. The maximum atomic E-state index is 12.3. The van der Waals surface area contributed by atoms with Gasteiger partial charge in [0.25, 0.3) is 0 Å². The van der Waals surface area contributed by atoms with Crippen LogP contribution in [0, 0.1) is 13.8 Å². The van der Waals surface area contributed by atoms with Crippen molar-refractivity contribution in [3.63, 3.8) is 0 Å². The number of carboxylic acids is 1. The molecular formula is C20H18BN2O4S2. The number of benzene rings is 1. The van der Waals surface area contributed by atoms with Crippen molar-refractivity contribution >= 4 is 59.4 Å². The van der Waals surface area contributed by atoms with E-state index in [-0.39, 0.29) is 4.32 Å². The average molecular weight is 425 g/mol. The van der Waals surface area contributed by atoms with Crippen molar-refractivity contribution in [3.8, 4) is 5.75 Å². The Bertz CT molecular complexity index is 1030. The average Bonchev–Trinajstić information content (AvgIpc) is 3.11. The molecule has 1 aromatic rings. The maximum absolute atomic E-state index is 12.3. The number of aryl methyl sites for hydroxylation is 2. The van der Waals surface area contributed by atoms with Gasteiger partial charge in [0.05, 0.1) is 0 Å². The number of allylic oxidation sites excluding steroid dienone is 4. The van der Waals surface area contributed by atoms with Crippen LogP contribution < -0.4 is 9.64 Å². The van der Waals surface area contributed by atoms with Crippen molar-refractivity contribution in [2.45, 2.75) is 20.8 Å². The standard InChI is InChI=1S/C20H18BN2O4S2/c1-11(6-16-19(26)22(9-18(24)25)20(28)29-16)4-5-17-23(10-21)14-7-12(2)13(3)8-15(14)27-17/h4-8,10H,9H2,1-3H3,(H,24,25). The van der Waals surface area contributed by atoms with E-state index < -0.39 is 18.4 Å². The third-order valence-electron chi connectivity index (χ3n) is 4.45. The zero-order valence-electron chi connectivity index (χ0n) is 16.1. The van der Waals surface area contributed by atoms with Crippen LogP contribution in [0.4, 0.5) is 5.69 Å². The first kappa shape index (κ1) is 21.1. The quantitative estimate of drug-likeness (QED) is 0.442. The topological polar surface area (TPSA) is 70.1 Å². The van der Waals surface area contributed by atoms with Gasteiger partial charge in [0.15, 0.2) is 0 Å². The second kappa shape index (κ2) is 8.38. The van der Waals surface area contributed by atoms with Crippen LogP contribution in [0.5, 0.6) is 5.75 Å². The SMILES string of the molecule is [B]=CN1C(=CC=C(C)C=C2SC(=S)N(CC(=O)O)C2=O)Oc2cc(C)c(C)cc21. The molecule has 0 aromatic heterocycles. The molecule has 147 valence electrons. The Kier molecular flexibility index (Phi) is 6.09. The van der Waals surface area contributed by atoms with Crippen molar-refractivity contribution in [3.05, 3.63) is 57.8 Å². The molecule has 2 aliphatic rings. The monoisotopic (exact) mass is 425 g/mol. The third-order valence-corrected chi connectivity index (χ3v) is 5.83. The van der Waals surface area contributed by atoms with Gasteiger partial charge in [-0.25, -0.2) is 0 Å². The van der Waals surface area contributed by atoms with Crippen LogP contribution in [0.15, 0.2) is 46.7 Å². The number of ether oxygens (including phenoxy) is 1. The van der Waals surface area contributed by atoms with Crippen LogP contribution in [-0.2, 0) is 9.59 Å². The molecule has 2 aliphatic heterocycles. The number of anilines is 1. The molecule has 0 saturated carbocycles. The normalized spacial score (nSPS) is 19.2. The van der Waals surface area contributed by atoms with Gasteiger partial charge in [-0.2, -0.15) is 0 Å². The first-order valence-electron chi connectivity index (χ1n) is 8.70. The predicted molar refractivity (Wildman–Crippen MR) is 120 cm³/mol. The van der Waals surface area contributed by atoms with Crippen LogP contribution in [0.2, 0.25) is 0 Å². The minimum atomic E-state index is -1.11. The summed E-state index contributed by atoms with van der Waals surface area (Å²) in [7, 11) is 5.79. The van der Waals surface area contributed by atoms with Crippen LogP contribution in [0.1, 0.15) is 18.1 Å². The van der Waals surface area contributed by atoms with Gasteiger partial charge in [-0.05, 0) is 0 Å². The molecule has 1 fully saturated rings. The Morgan fingerprint density at radius 2 is 2.03 bits per heavy atom. The number of thiocarbonyl (C=S) groups is 1. The third kappa shape index (κ3) is 4.35. The van der Waals surface area contributed by atoms with Crippen molar-refractivity contribution in [2.75, 3.05) is 11.4 Å². The molecular weight excluding hydrogens is 407 g/mol. The van der Waals surface area contributed by atoms with Gasteiger partial charge < -0.3 is 5.11 Å². The molecule has 6 nitrogen and oxygen atoms in total. The Labute approximate surface area is 179 Å². The van der Waals surface area contributed by atoms with E-state index in [2.05, 4.69) is 0 Å². The summed E-state index contributed by atoms with van der Waals surface area (Å²) in [5, 5.41) is 8.91. The van der Waals surface area contributed by atoms with Gasteiger partial charge in [0, 0.05) is 0 Å². The van der Waals surface area contributed by atoms with E-state index in [1.165, 1.54) is 6.09 Å². The molecule has 0 spiro atoms. The number of hydrogen-bond donors (Lipinski definition) is 1. The number of carbonyl (C=O) groups excluding carboxylic acids is 1. The Morgan fingerprint density at radius 1 is 1.34 bits per heavy atom. The van der Waals surface area contributed by atoms with Crippen LogP contribution >= 0.6 is 24.0 Å². The van der Waals surface area contributed by atoms with Gasteiger partial charge in [-0.3, -0.25) is 4.79 Å². The van der Waals surface area contributed by atoms with Crippen LogP contribution in [-0.4, -0.2) is 46.3 Å². The first-order valence-corrected chi connectivity index (χ1v) is 9.93. The van der Waals surface area contributed by atoms with Gasteiger partial charge in [-0.15, -0.1) is 0 Å². The number of carbonyl (C=O) groups is 2. The number of rotatable bonds is 5. The molecule has 1 aromatic carbocycles. The molecule has 0 bridgehead atoms. The Hall–Kier alpha value is -2.65. The van der Waals surface area contributed by atoms with Gasteiger partial charge in [-0.1, -0.05) is 0 Å². The summed E-state index contributed by atoms with van der Waals surface area (Å²) in [6.45, 7) is 5.42. The summed E-state index contributed by atoms with van der Waals surface area (Å²) in [5.41, 5.74) is 3.90. The summed E-state index contributed by atoms with van der Waals surface area (Å²) >= 11 is 6.18. The molecule has 1 N–H and O–H groups in total. The van der Waals surface area contributed by atoms with Gasteiger partial charge >= 0.3 is 170 Å². The summed E-state index contributed by atoms with van der Waals surface area (Å²) in [5.74, 6) is -0.253. The number of hydrogen-bond acceptors (Lipinski definition) is 6. The fourth-order valence-corrected chi connectivity index (χ4v) is 4.13. The summed E-state index contributed by atoms with van der Waals surface area (Å²) < 4.78 is 6.14. The van der Waals surface area contributed by atoms with E-state index in [9.17, 15) is 9.59 Å². The Balaban J connectivity index is 1.82. The van der Waals surface area contributed by atoms with E-state index in [0.29, 0.717) is 10.8 Å². The number of thioether (sulfide) groups is 1. The van der Waals surface area contributed by atoms with Crippen molar-refractivity contribution < 1.29 is 19.4 Å². The van der Waals surface area contributed by atoms with Crippen molar-refractivity contribution in [1.29, 1.82) is 0 Å². The number of carboxylic acid groups (broad SMARTS) is 1. The first-order chi connectivity index (χ1) is 13.7. The molecule has 3 rings (SSSR count). The fraction of sp³-hybridized carbons (Fsp3) is 0.200. The van der Waals surface area contributed by atoms with E-state index in [0.717, 1.165) is 44.8 Å². The summed E-state index contributed by atoms with van der Waals surface area (Å²) in [6.07, 6.45) is 6.66. The molecule has 29 heavy (non-hydrogen) atoms. The van der Waals surface area contributed by atoms with Crippen LogP contribution in [0.3, 0.4) is 0 Å². The van der Waals surface area contributed by atoms with E-state index in [1.807, 2.05) is 32.9 Å². The number of fused-ring (bicyclic) bond motifs is 1. The molecule has 0 unspecified atom stereocenters. The number of nitrogens with zero attached hydrogens (tertiary/aromatic N) is 2. The van der Waals surface area contributed by atoms with Gasteiger partial charge in [0.2, 0.25) is 0 Å². The summed E-state index contributed by atoms with van der Waals surface area (Å²) in [6, 6.07) is 3.98. The molecule has 2 heterocycles. The van der Waals surface area contributed by atoms with E-state index >= 15 is 0 Å². The molecule has 1 radical (unpaired) electrons. The predicted octanol–water partition coefficient (Wildman–Crippen LogP) is 3.05. The molecule has 1 saturated heterocycles. The van der Waals surface area contributed by atoms with Gasteiger partial charge in [0.1, 0.15) is 0 Å². The number of aliphatic carboxylic acids is 1. The van der Waals surface area contributed by atoms with Crippen molar-refractivity contribution in [2.24, 2.45) is 0 Å². The number of amides is 1. The molecule has 1 amide bonds. The van der Waals surface area contributed by atoms with E-state index in [1.54, 1.807) is 23.1 Å². The second-order valence-electron chi connectivity index (χ2n) is 6.60. The van der Waals surface area contributed by atoms with E-state index in [4.69, 9.17) is 29.5 Å². The zero-order chi connectivity index (χ0) is 21.3. The second-order valence-corrected chi connectivity index (χ2v) is 8.28. The summed E-state index contributed by atoms with van der Waals surface area (Å²) in [4.78, 5) is 26.4. The molecule has 9 heteroatoms.